The topological polar surface area (TPSA) is 37.3 Å². The molecule has 1 aromatic carbocycles. The third-order valence-electron chi connectivity index (χ3n) is 3.40. The molecule has 1 N–H and O–H groups in total. The minimum absolute atomic E-state index is 0.0973. The lowest BCUT2D eigenvalue weighted by atomic mass is 10.0. The van der Waals surface area contributed by atoms with Gasteiger partial charge in [0.25, 0.3) is 0 Å². The number of carbonyl (C=O) groups is 1. The fourth-order valence-corrected chi connectivity index (χ4v) is 2.45. The van der Waals surface area contributed by atoms with Crippen molar-refractivity contribution >= 4 is 5.97 Å². The molecule has 0 radical (unpaired) electrons. The molecule has 1 fully saturated rings. The summed E-state index contributed by atoms with van der Waals surface area (Å²) < 4.78 is 27.0. The van der Waals surface area contributed by atoms with Gasteiger partial charge in [0, 0.05) is 11.5 Å². The number of hydrogen-bond donors (Lipinski definition) is 1. The summed E-state index contributed by atoms with van der Waals surface area (Å²) in [7, 11) is 0. The van der Waals surface area contributed by atoms with E-state index in [9.17, 15) is 13.6 Å². The maximum atomic E-state index is 13.5. The van der Waals surface area contributed by atoms with Crippen LogP contribution in [0.4, 0.5) is 8.78 Å². The molecular weight excluding hydrogens is 214 g/mol. The molecule has 4 heteroatoms. The maximum absolute atomic E-state index is 13.5. The van der Waals surface area contributed by atoms with Crippen molar-refractivity contribution < 1.29 is 18.7 Å². The average Bonchev–Trinajstić information content (AvgIpc) is 2.69. The van der Waals surface area contributed by atoms with Gasteiger partial charge in [-0.05, 0) is 17.5 Å². The van der Waals surface area contributed by atoms with Gasteiger partial charge in [-0.1, -0.05) is 19.9 Å². The normalized spacial score (nSPS) is 26.5. The van der Waals surface area contributed by atoms with Gasteiger partial charge in [-0.3, -0.25) is 4.79 Å². The summed E-state index contributed by atoms with van der Waals surface area (Å²) in [5.41, 5.74) is -0.686. The zero-order chi connectivity index (χ0) is 12.1. The zero-order valence-electron chi connectivity index (χ0n) is 9.00. The van der Waals surface area contributed by atoms with Gasteiger partial charge in [0.1, 0.15) is 11.6 Å². The lowest BCUT2D eigenvalue weighted by Crippen LogP contribution is -2.03. The number of halogens is 2. The Morgan fingerprint density at radius 2 is 1.81 bits per heavy atom. The maximum Gasteiger partial charge on any atom is 0.307 e. The van der Waals surface area contributed by atoms with Gasteiger partial charge in [0.2, 0.25) is 0 Å². The predicted molar refractivity (Wildman–Crippen MR) is 54.0 cm³/mol. The second-order valence-corrected chi connectivity index (χ2v) is 4.75. The third-order valence-corrected chi connectivity index (χ3v) is 3.40. The predicted octanol–water partition coefficient (Wildman–Crippen LogP) is 2.79. The number of hydrogen-bond acceptors (Lipinski definition) is 1. The molecule has 2 atom stereocenters. The van der Waals surface area contributed by atoms with Crippen molar-refractivity contribution in [2.24, 2.45) is 11.3 Å². The first-order valence-corrected chi connectivity index (χ1v) is 5.04. The van der Waals surface area contributed by atoms with E-state index in [1.165, 1.54) is 6.07 Å². The van der Waals surface area contributed by atoms with Crippen molar-refractivity contribution in [2.45, 2.75) is 19.8 Å². The van der Waals surface area contributed by atoms with E-state index in [4.69, 9.17) is 5.11 Å². The summed E-state index contributed by atoms with van der Waals surface area (Å²) in [4.78, 5) is 10.9. The molecule has 1 aliphatic carbocycles. The Balaban J connectivity index is 2.45. The van der Waals surface area contributed by atoms with Crippen LogP contribution in [0.5, 0.6) is 0 Å². The van der Waals surface area contributed by atoms with Crippen molar-refractivity contribution in [3.05, 3.63) is 35.4 Å². The summed E-state index contributed by atoms with van der Waals surface area (Å²) >= 11 is 0. The summed E-state index contributed by atoms with van der Waals surface area (Å²) in [5, 5.41) is 8.96. The van der Waals surface area contributed by atoms with Gasteiger partial charge in [-0.15, -0.1) is 0 Å². The fourth-order valence-electron chi connectivity index (χ4n) is 2.45. The Kier molecular flexibility index (Phi) is 2.26. The van der Waals surface area contributed by atoms with Crippen molar-refractivity contribution in [3.8, 4) is 0 Å². The molecule has 0 saturated heterocycles. The number of aliphatic carboxylic acids is 1. The SMILES string of the molecule is CC1(C)[C@H](C(=O)O)[C@H]1c1c(F)cccc1F. The number of carboxylic acids is 1. The lowest BCUT2D eigenvalue weighted by molar-refractivity contribution is -0.139. The Morgan fingerprint density at radius 3 is 2.19 bits per heavy atom. The minimum Gasteiger partial charge on any atom is -0.481 e. The molecule has 0 spiro atoms. The van der Waals surface area contributed by atoms with Gasteiger partial charge >= 0.3 is 5.97 Å². The van der Waals surface area contributed by atoms with Crippen LogP contribution in [0, 0.1) is 23.0 Å². The zero-order valence-corrected chi connectivity index (χ0v) is 9.00. The van der Waals surface area contributed by atoms with Crippen LogP contribution in [0.3, 0.4) is 0 Å². The van der Waals surface area contributed by atoms with Gasteiger partial charge in [-0.2, -0.15) is 0 Å². The molecule has 0 aliphatic heterocycles. The third kappa shape index (κ3) is 1.40. The molecule has 0 amide bonds. The van der Waals surface area contributed by atoms with Crippen LogP contribution in [-0.2, 0) is 4.79 Å². The quantitative estimate of drug-likeness (QED) is 0.841. The minimum atomic E-state index is -1.00. The molecule has 0 bridgehead atoms. The van der Waals surface area contributed by atoms with Crippen LogP contribution in [0.15, 0.2) is 18.2 Å². The van der Waals surface area contributed by atoms with Crippen LogP contribution >= 0.6 is 0 Å². The van der Waals surface area contributed by atoms with Crippen LogP contribution in [0.2, 0.25) is 0 Å². The lowest BCUT2D eigenvalue weighted by Gasteiger charge is -2.05. The van der Waals surface area contributed by atoms with E-state index in [1.54, 1.807) is 13.8 Å². The van der Waals surface area contributed by atoms with Crippen molar-refractivity contribution in [1.82, 2.24) is 0 Å². The van der Waals surface area contributed by atoms with Gasteiger partial charge < -0.3 is 5.11 Å². The first-order valence-electron chi connectivity index (χ1n) is 5.04. The molecular formula is C12H12F2O2. The van der Waals surface area contributed by atoms with Crippen LogP contribution in [-0.4, -0.2) is 11.1 Å². The first kappa shape index (κ1) is 11.0. The van der Waals surface area contributed by atoms with E-state index in [0.29, 0.717) is 0 Å². The van der Waals surface area contributed by atoms with Crippen LogP contribution in [0.25, 0.3) is 0 Å². The smallest absolute Gasteiger partial charge is 0.307 e. The first-order chi connectivity index (χ1) is 7.37. The second kappa shape index (κ2) is 3.27. The van der Waals surface area contributed by atoms with Crippen molar-refractivity contribution in [1.29, 1.82) is 0 Å². The van der Waals surface area contributed by atoms with E-state index in [0.717, 1.165) is 12.1 Å². The van der Waals surface area contributed by atoms with E-state index < -0.39 is 34.9 Å². The number of benzene rings is 1. The van der Waals surface area contributed by atoms with Gasteiger partial charge in [-0.25, -0.2) is 8.78 Å². The Morgan fingerprint density at radius 1 is 1.31 bits per heavy atom. The Bertz CT molecular complexity index is 434. The van der Waals surface area contributed by atoms with Crippen LogP contribution < -0.4 is 0 Å². The van der Waals surface area contributed by atoms with Gasteiger partial charge in [0.05, 0.1) is 5.92 Å². The largest absolute Gasteiger partial charge is 0.481 e. The molecule has 0 aromatic heterocycles. The molecule has 2 rings (SSSR count). The summed E-state index contributed by atoms with van der Waals surface area (Å²) in [6.45, 7) is 3.42. The molecule has 0 heterocycles. The van der Waals surface area contributed by atoms with Gasteiger partial charge in [0.15, 0.2) is 0 Å². The molecule has 86 valence electrons. The highest BCUT2D eigenvalue weighted by atomic mass is 19.1. The monoisotopic (exact) mass is 226 g/mol. The summed E-state index contributed by atoms with van der Waals surface area (Å²) in [6, 6.07) is 3.59. The standard InChI is InChI=1S/C12H12F2O2/c1-12(2)9(10(12)11(15)16)8-6(13)4-3-5-7(8)14/h3-5,9-10H,1-2H3,(H,15,16)/t9-,10+/m1/s1. The fraction of sp³-hybridized carbons (Fsp3) is 0.417. The number of carboxylic acid groups (broad SMARTS) is 1. The molecule has 1 saturated carbocycles. The summed E-state index contributed by atoms with van der Waals surface area (Å²) in [6.07, 6.45) is 0. The highest BCUT2D eigenvalue weighted by molar-refractivity contribution is 5.77. The molecule has 1 aromatic rings. The van der Waals surface area contributed by atoms with E-state index >= 15 is 0 Å². The molecule has 1 aliphatic rings. The molecule has 16 heavy (non-hydrogen) atoms. The average molecular weight is 226 g/mol. The molecule has 2 nitrogen and oxygen atoms in total. The van der Waals surface area contributed by atoms with Crippen LogP contribution in [0.1, 0.15) is 25.3 Å². The summed E-state index contributed by atoms with van der Waals surface area (Å²) in [5.74, 6) is -3.62. The van der Waals surface area contributed by atoms with Crippen molar-refractivity contribution in [2.75, 3.05) is 0 Å². The highest BCUT2D eigenvalue weighted by Gasteiger charge is 2.64. The van der Waals surface area contributed by atoms with Crippen molar-refractivity contribution in [3.63, 3.8) is 0 Å². The number of rotatable bonds is 2. The Labute approximate surface area is 91.9 Å². The second-order valence-electron chi connectivity index (χ2n) is 4.75. The highest BCUT2D eigenvalue weighted by Crippen LogP contribution is 2.65. The van der Waals surface area contributed by atoms with E-state index in [2.05, 4.69) is 0 Å². The Hall–Kier alpha value is -1.45. The van der Waals surface area contributed by atoms with E-state index in [1.807, 2.05) is 0 Å². The van der Waals surface area contributed by atoms with E-state index in [-0.39, 0.29) is 5.56 Å². The molecule has 0 unspecified atom stereocenters.